The first kappa shape index (κ1) is 18.3. The largest absolute Gasteiger partial charge is 0.444 e. The van der Waals surface area contributed by atoms with Crippen molar-refractivity contribution in [3.05, 3.63) is 54.7 Å². The van der Waals surface area contributed by atoms with Gasteiger partial charge in [0.25, 0.3) is 0 Å². The number of anilines is 1. The maximum absolute atomic E-state index is 12.2. The molecule has 0 spiro atoms. The molecule has 1 aliphatic rings. The molecule has 2 heterocycles. The molecular weight excluding hydrogens is 352 g/mol. The lowest BCUT2D eigenvalue weighted by atomic mass is 10.2. The van der Waals surface area contributed by atoms with Gasteiger partial charge in [0.2, 0.25) is 0 Å². The average Bonchev–Trinajstić information content (AvgIpc) is 3.27. The zero-order chi connectivity index (χ0) is 19.7. The number of rotatable bonds is 3. The third kappa shape index (κ3) is 4.11. The van der Waals surface area contributed by atoms with Crippen molar-refractivity contribution in [3.8, 4) is 5.69 Å². The first-order chi connectivity index (χ1) is 13.4. The van der Waals surface area contributed by atoms with Crippen LogP contribution in [0.25, 0.3) is 16.6 Å². The minimum absolute atomic E-state index is 0.227. The number of benzene rings is 2. The molecule has 1 N–H and O–H groups in total. The topological polar surface area (TPSA) is 59.4 Å². The predicted octanol–water partition coefficient (Wildman–Crippen LogP) is 4.45. The van der Waals surface area contributed by atoms with Crippen LogP contribution in [0.5, 0.6) is 0 Å². The molecule has 28 heavy (non-hydrogen) atoms. The summed E-state index contributed by atoms with van der Waals surface area (Å²) in [6, 6.07) is 16.5. The van der Waals surface area contributed by atoms with E-state index in [1.165, 1.54) is 0 Å². The Morgan fingerprint density at radius 2 is 1.89 bits per heavy atom. The molecule has 1 fully saturated rings. The van der Waals surface area contributed by atoms with E-state index in [9.17, 15) is 4.79 Å². The Hall–Kier alpha value is -3.02. The molecule has 1 unspecified atom stereocenters. The smallest absolute Gasteiger partial charge is 0.410 e. The van der Waals surface area contributed by atoms with Gasteiger partial charge in [-0.25, -0.2) is 9.48 Å². The van der Waals surface area contributed by atoms with Gasteiger partial charge in [-0.3, -0.25) is 0 Å². The number of nitrogens with zero attached hydrogens (tertiary/aromatic N) is 3. The molecule has 146 valence electrons. The number of amides is 1. The van der Waals surface area contributed by atoms with Gasteiger partial charge in [-0.15, -0.1) is 0 Å². The summed E-state index contributed by atoms with van der Waals surface area (Å²) in [7, 11) is 0. The number of carbonyl (C=O) groups is 1. The van der Waals surface area contributed by atoms with Crippen LogP contribution in [-0.2, 0) is 4.74 Å². The summed E-state index contributed by atoms with van der Waals surface area (Å²) < 4.78 is 7.36. The average molecular weight is 378 g/mol. The predicted molar refractivity (Wildman–Crippen MR) is 111 cm³/mol. The number of carbonyl (C=O) groups excluding carboxylic acids is 1. The molecule has 1 aliphatic heterocycles. The van der Waals surface area contributed by atoms with E-state index in [-0.39, 0.29) is 12.1 Å². The number of aromatic nitrogens is 2. The highest BCUT2D eigenvalue weighted by Crippen LogP contribution is 2.21. The molecule has 3 aromatic rings. The molecule has 1 amide bonds. The Kier molecular flexibility index (Phi) is 4.71. The molecule has 0 aliphatic carbocycles. The molecule has 1 atom stereocenters. The summed E-state index contributed by atoms with van der Waals surface area (Å²) in [6.07, 6.45) is 2.71. The van der Waals surface area contributed by atoms with E-state index in [0.29, 0.717) is 13.1 Å². The van der Waals surface area contributed by atoms with Crippen molar-refractivity contribution in [2.45, 2.75) is 38.8 Å². The molecule has 6 heteroatoms. The second-order valence-electron chi connectivity index (χ2n) is 8.24. The van der Waals surface area contributed by atoms with Gasteiger partial charge in [-0.2, -0.15) is 5.10 Å². The molecule has 0 radical (unpaired) electrons. The minimum Gasteiger partial charge on any atom is -0.444 e. The molecular formula is C22H26N4O2. The van der Waals surface area contributed by atoms with E-state index in [4.69, 9.17) is 4.74 Å². The van der Waals surface area contributed by atoms with Gasteiger partial charge in [-0.05, 0) is 57.5 Å². The normalized spacial score (nSPS) is 17.1. The van der Waals surface area contributed by atoms with Gasteiger partial charge in [-0.1, -0.05) is 18.2 Å². The lowest BCUT2D eigenvalue weighted by molar-refractivity contribution is 0.0293. The summed E-state index contributed by atoms with van der Waals surface area (Å²) in [6.45, 7) is 7.04. The zero-order valence-electron chi connectivity index (χ0n) is 16.6. The van der Waals surface area contributed by atoms with Crippen LogP contribution in [0.1, 0.15) is 27.2 Å². The lowest BCUT2D eigenvalue weighted by Gasteiger charge is -2.24. The van der Waals surface area contributed by atoms with E-state index in [1.807, 2.05) is 49.8 Å². The fourth-order valence-electron chi connectivity index (χ4n) is 3.41. The number of hydrogen-bond acceptors (Lipinski definition) is 4. The van der Waals surface area contributed by atoms with E-state index in [2.05, 4.69) is 40.7 Å². The van der Waals surface area contributed by atoms with E-state index in [0.717, 1.165) is 28.7 Å². The molecule has 1 saturated heterocycles. The van der Waals surface area contributed by atoms with Gasteiger partial charge in [0.1, 0.15) is 5.60 Å². The number of nitrogens with one attached hydrogen (secondary N) is 1. The van der Waals surface area contributed by atoms with Crippen LogP contribution in [0.4, 0.5) is 10.5 Å². The Bertz CT molecular complexity index is 939. The second-order valence-corrected chi connectivity index (χ2v) is 8.24. The molecule has 2 aromatic carbocycles. The van der Waals surface area contributed by atoms with Crippen molar-refractivity contribution in [1.82, 2.24) is 14.7 Å². The van der Waals surface area contributed by atoms with Crippen LogP contribution in [0.3, 0.4) is 0 Å². The Morgan fingerprint density at radius 3 is 2.61 bits per heavy atom. The highest BCUT2D eigenvalue weighted by molar-refractivity contribution is 5.78. The van der Waals surface area contributed by atoms with Crippen molar-refractivity contribution in [3.63, 3.8) is 0 Å². The fraction of sp³-hybridized carbons (Fsp3) is 0.364. The zero-order valence-corrected chi connectivity index (χ0v) is 16.6. The molecule has 4 rings (SSSR count). The third-order valence-electron chi connectivity index (χ3n) is 4.76. The van der Waals surface area contributed by atoms with E-state index < -0.39 is 5.60 Å². The summed E-state index contributed by atoms with van der Waals surface area (Å²) in [5.74, 6) is 0. The number of fused-ring (bicyclic) bond motifs is 1. The molecule has 0 bridgehead atoms. The van der Waals surface area contributed by atoms with Gasteiger partial charge in [0.05, 0.1) is 11.2 Å². The highest BCUT2D eigenvalue weighted by atomic mass is 16.6. The third-order valence-corrected chi connectivity index (χ3v) is 4.76. The van der Waals surface area contributed by atoms with E-state index >= 15 is 0 Å². The van der Waals surface area contributed by atoms with Crippen molar-refractivity contribution in [2.24, 2.45) is 0 Å². The first-order valence-corrected chi connectivity index (χ1v) is 9.67. The van der Waals surface area contributed by atoms with Crippen molar-refractivity contribution < 1.29 is 9.53 Å². The van der Waals surface area contributed by atoms with Gasteiger partial charge < -0.3 is 15.0 Å². The standard InChI is InChI=1S/C22H26N4O2/c1-22(2,3)28-21(27)25-13-12-18(15-25)23-17-8-10-19(11-9-17)26-14-16-6-4-5-7-20(16)24-26/h4-11,14,18,23H,12-13,15H2,1-3H3. The maximum atomic E-state index is 12.2. The number of hydrogen-bond donors (Lipinski definition) is 1. The first-order valence-electron chi connectivity index (χ1n) is 9.67. The van der Waals surface area contributed by atoms with Crippen LogP contribution in [-0.4, -0.2) is 45.5 Å². The Labute approximate surface area is 165 Å². The van der Waals surface area contributed by atoms with Crippen LogP contribution in [0, 0.1) is 0 Å². The molecule has 1 aromatic heterocycles. The monoisotopic (exact) mass is 378 g/mol. The van der Waals surface area contributed by atoms with Crippen LogP contribution in [0.15, 0.2) is 54.7 Å². The van der Waals surface area contributed by atoms with Crippen LogP contribution < -0.4 is 5.32 Å². The van der Waals surface area contributed by atoms with Gasteiger partial charge >= 0.3 is 6.09 Å². The molecule has 6 nitrogen and oxygen atoms in total. The Morgan fingerprint density at radius 1 is 1.14 bits per heavy atom. The summed E-state index contributed by atoms with van der Waals surface area (Å²) in [5.41, 5.74) is 2.58. The second kappa shape index (κ2) is 7.19. The van der Waals surface area contributed by atoms with Gasteiger partial charge in [0.15, 0.2) is 0 Å². The Balaban J connectivity index is 1.38. The fourth-order valence-corrected chi connectivity index (χ4v) is 3.41. The van der Waals surface area contributed by atoms with Crippen molar-refractivity contribution in [2.75, 3.05) is 18.4 Å². The lowest BCUT2D eigenvalue weighted by Crippen LogP contribution is -2.36. The maximum Gasteiger partial charge on any atom is 0.410 e. The van der Waals surface area contributed by atoms with E-state index in [1.54, 1.807) is 4.90 Å². The van der Waals surface area contributed by atoms with Crippen molar-refractivity contribution in [1.29, 1.82) is 0 Å². The summed E-state index contributed by atoms with van der Waals surface area (Å²) in [5, 5.41) is 9.25. The number of ether oxygens (including phenoxy) is 1. The molecule has 0 saturated carbocycles. The number of likely N-dealkylation sites (tertiary alicyclic amines) is 1. The van der Waals surface area contributed by atoms with Gasteiger partial charge in [0, 0.05) is 36.4 Å². The minimum atomic E-state index is -0.463. The van der Waals surface area contributed by atoms with Crippen LogP contribution in [0.2, 0.25) is 0 Å². The van der Waals surface area contributed by atoms with Crippen LogP contribution >= 0.6 is 0 Å². The summed E-state index contributed by atoms with van der Waals surface area (Å²) in [4.78, 5) is 14.0. The SMILES string of the molecule is CC(C)(C)OC(=O)N1CCC(Nc2ccc(-n3cc4ccccc4n3)cc2)C1. The highest BCUT2D eigenvalue weighted by Gasteiger charge is 2.29. The summed E-state index contributed by atoms with van der Waals surface area (Å²) >= 11 is 0. The van der Waals surface area contributed by atoms with Crippen molar-refractivity contribution >= 4 is 22.7 Å². The quantitative estimate of drug-likeness (QED) is 0.732.